The minimum absolute atomic E-state index is 0.00967. The average molecular weight is 505 g/mol. The molecule has 0 spiro atoms. The molecular weight excluding hydrogens is 477 g/mol. The second kappa shape index (κ2) is 11.7. The Labute approximate surface area is 206 Å². The van der Waals surface area contributed by atoms with Crippen LogP contribution in [0.5, 0.6) is 11.5 Å². The maximum absolute atomic E-state index is 12.9. The van der Waals surface area contributed by atoms with Gasteiger partial charge in [-0.05, 0) is 35.7 Å². The predicted molar refractivity (Wildman–Crippen MR) is 126 cm³/mol. The van der Waals surface area contributed by atoms with Gasteiger partial charge in [-0.2, -0.15) is 13.2 Å². The first-order chi connectivity index (χ1) is 17.1. The van der Waals surface area contributed by atoms with Gasteiger partial charge in [0.25, 0.3) is 5.56 Å². The van der Waals surface area contributed by atoms with Crippen molar-refractivity contribution in [3.63, 3.8) is 0 Å². The van der Waals surface area contributed by atoms with Crippen LogP contribution >= 0.6 is 0 Å². The number of benzene rings is 2. The van der Waals surface area contributed by atoms with Gasteiger partial charge >= 0.3 is 6.18 Å². The molecule has 0 fully saturated rings. The predicted octanol–water partition coefficient (Wildman–Crippen LogP) is 3.43. The largest absolute Gasteiger partial charge is 0.493 e. The number of alkyl halides is 3. The summed E-state index contributed by atoms with van der Waals surface area (Å²) in [5, 5.41) is 7.82. The summed E-state index contributed by atoms with van der Waals surface area (Å²) < 4.78 is 49.2. The number of ether oxygens (including phenoxy) is 2. The SMILES string of the molecule is COc1ccc(CCN(C)C(=O)CCc2nnc(Cc3cccc(C(F)(F)F)c3)[nH]c2=O)cc1OC. The number of carbonyl (C=O) groups excluding carboxylic acids is 1. The summed E-state index contributed by atoms with van der Waals surface area (Å²) in [5.41, 5.74) is 0.109. The molecule has 11 heteroatoms. The van der Waals surface area contributed by atoms with Gasteiger partial charge in [0.1, 0.15) is 11.5 Å². The van der Waals surface area contributed by atoms with Crippen LogP contribution in [0, 0.1) is 0 Å². The monoisotopic (exact) mass is 504 g/mol. The highest BCUT2D eigenvalue weighted by atomic mass is 19.4. The first-order valence-corrected chi connectivity index (χ1v) is 11.2. The van der Waals surface area contributed by atoms with E-state index in [4.69, 9.17) is 9.47 Å². The summed E-state index contributed by atoms with van der Waals surface area (Å²) in [6.07, 6.45) is -3.71. The van der Waals surface area contributed by atoms with Crippen molar-refractivity contribution in [1.82, 2.24) is 20.1 Å². The number of aromatic amines is 1. The van der Waals surface area contributed by atoms with Crippen LogP contribution in [0.2, 0.25) is 0 Å². The molecule has 0 aliphatic rings. The highest BCUT2D eigenvalue weighted by Gasteiger charge is 2.30. The van der Waals surface area contributed by atoms with Crippen molar-refractivity contribution in [1.29, 1.82) is 0 Å². The molecular formula is C25H27F3N4O4. The van der Waals surface area contributed by atoms with Crippen LogP contribution in [0.25, 0.3) is 0 Å². The molecule has 1 heterocycles. The molecule has 1 N–H and O–H groups in total. The van der Waals surface area contributed by atoms with Crippen molar-refractivity contribution in [2.45, 2.75) is 31.9 Å². The normalized spacial score (nSPS) is 11.3. The van der Waals surface area contributed by atoms with E-state index in [2.05, 4.69) is 15.2 Å². The standard InChI is InChI=1S/C25H27F3N4O4/c1-32(12-11-16-7-9-20(35-2)21(14-16)36-3)23(33)10-8-19-24(34)29-22(31-30-19)15-17-5-4-6-18(13-17)25(26,27)28/h4-7,9,13-14H,8,10-12,15H2,1-3H3,(H,29,31,34). The van der Waals surface area contributed by atoms with Gasteiger partial charge in [-0.3, -0.25) is 9.59 Å². The molecule has 3 aromatic rings. The number of hydrogen-bond acceptors (Lipinski definition) is 6. The lowest BCUT2D eigenvalue weighted by molar-refractivity contribution is -0.137. The van der Waals surface area contributed by atoms with E-state index in [0.29, 0.717) is 30.0 Å². The van der Waals surface area contributed by atoms with Crippen molar-refractivity contribution in [2.24, 2.45) is 0 Å². The summed E-state index contributed by atoms with van der Waals surface area (Å²) in [5.74, 6) is 1.21. The zero-order chi connectivity index (χ0) is 26.3. The molecule has 0 saturated heterocycles. The summed E-state index contributed by atoms with van der Waals surface area (Å²) >= 11 is 0. The van der Waals surface area contributed by atoms with E-state index in [-0.39, 0.29) is 36.7 Å². The molecule has 0 bridgehead atoms. The minimum Gasteiger partial charge on any atom is -0.493 e. The van der Waals surface area contributed by atoms with E-state index in [1.807, 2.05) is 12.1 Å². The molecule has 36 heavy (non-hydrogen) atoms. The quantitative estimate of drug-likeness (QED) is 0.455. The van der Waals surface area contributed by atoms with Gasteiger partial charge < -0.3 is 19.4 Å². The Balaban J connectivity index is 1.54. The van der Waals surface area contributed by atoms with Gasteiger partial charge in [-0.15, -0.1) is 10.2 Å². The third kappa shape index (κ3) is 7.06. The molecule has 1 aromatic heterocycles. The fraction of sp³-hybridized carbons (Fsp3) is 0.360. The number of methoxy groups -OCH3 is 2. The van der Waals surface area contributed by atoms with Crippen LogP contribution in [-0.4, -0.2) is 53.8 Å². The summed E-state index contributed by atoms with van der Waals surface area (Å²) in [6.45, 7) is 0.465. The molecule has 1 amide bonds. The van der Waals surface area contributed by atoms with E-state index in [1.54, 1.807) is 32.2 Å². The number of aromatic nitrogens is 3. The number of nitrogens with zero attached hydrogens (tertiary/aromatic N) is 3. The molecule has 0 saturated carbocycles. The van der Waals surface area contributed by atoms with Crippen LogP contribution in [0.3, 0.4) is 0 Å². The van der Waals surface area contributed by atoms with E-state index in [9.17, 15) is 22.8 Å². The second-order valence-corrected chi connectivity index (χ2v) is 8.18. The highest BCUT2D eigenvalue weighted by molar-refractivity contribution is 5.76. The van der Waals surface area contributed by atoms with Crippen molar-refractivity contribution in [3.8, 4) is 11.5 Å². The molecule has 0 radical (unpaired) electrons. The Morgan fingerprint density at radius 2 is 1.75 bits per heavy atom. The lowest BCUT2D eigenvalue weighted by Crippen LogP contribution is -2.30. The fourth-order valence-electron chi connectivity index (χ4n) is 3.56. The van der Waals surface area contributed by atoms with E-state index < -0.39 is 17.3 Å². The first-order valence-electron chi connectivity index (χ1n) is 11.2. The Morgan fingerprint density at radius 1 is 1.00 bits per heavy atom. The number of hydrogen-bond donors (Lipinski definition) is 1. The zero-order valence-corrected chi connectivity index (χ0v) is 20.2. The van der Waals surface area contributed by atoms with E-state index >= 15 is 0 Å². The highest BCUT2D eigenvalue weighted by Crippen LogP contribution is 2.30. The fourth-order valence-corrected chi connectivity index (χ4v) is 3.56. The average Bonchev–Trinajstić information content (AvgIpc) is 2.86. The van der Waals surface area contributed by atoms with Gasteiger partial charge in [-0.1, -0.05) is 24.3 Å². The number of carbonyl (C=O) groups is 1. The van der Waals surface area contributed by atoms with Gasteiger partial charge in [0, 0.05) is 32.9 Å². The Kier molecular flexibility index (Phi) is 8.68. The first kappa shape index (κ1) is 26.7. The van der Waals surface area contributed by atoms with E-state index in [0.717, 1.165) is 17.7 Å². The minimum atomic E-state index is -4.46. The number of halogens is 3. The number of rotatable bonds is 10. The molecule has 2 aromatic carbocycles. The maximum atomic E-state index is 12.9. The third-order valence-corrected chi connectivity index (χ3v) is 5.62. The molecule has 8 nitrogen and oxygen atoms in total. The lowest BCUT2D eigenvalue weighted by Gasteiger charge is -2.17. The van der Waals surface area contributed by atoms with Crippen LogP contribution in [0.4, 0.5) is 13.2 Å². The molecule has 192 valence electrons. The lowest BCUT2D eigenvalue weighted by atomic mass is 10.1. The van der Waals surface area contributed by atoms with Crippen molar-refractivity contribution in [2.75, 3.05) is 27.8 Å². The Morgan fingerprint density at radius 3 is 2.42 bits per heavy atom. The molecule has 0 atom stereocenters. The van der Waals surface area contributed by atoms with Crippen molar-refractivity contribution in [3.05, 3.63) is 81.0 Å². The number of aryl methyl sites for hydroxylation is 1. The summed E-state index contributed by atoms with van der Waals surface area (Å²) in [7, 11) is 4.79. The molecule has 0 aliphatic heterocycles. The Hall–Kier alpha value is -3.89. The van der Waals surface area contributed by atoms with Crippen LogP contribution in [0.15, 0.2) is 47.3 Å². The third-order valence-electron chi connectivity index (χ3n) is 5.62. The Bertz CT molecular complexity index is 1260. The van der Waals surface area contributed by atoms with Gasteiger partial charge in [-0.25, -0.2) is 0 Å². The molecule has 0 aliphatic carbocycles. The number of nitrogens with one attached hydrogen (secondary N) is 1. The smallest absolute Gasteiger partial charge is 0.416 e. The molecule has 0 unspecified atom stereocenters. The van der Waals surface area contributed by atoms with Crippen LogP contribution in [-0.2, 0) is 30.2 Å². The number of likely N-dealkylation sites (N-methyl/N-ethyl adjacent to an activating group) is 1. The summed E-state index contributed by atoms with van der Waals surface area (Å²) in [4.78, 5) is 29.0. The van der Waals surface area contributed by atoms with Gasteiger partial charge in [0.2, 0.25) is 5.91 Å². The van der Waals surface area contributed by atoms with Crippen LogP contribution < -0.4 is 15.0 Å². The van der Waals surface area contributed by atoms with Gasteiger partial charge in [0.05, 0.1) is 19.8 Å². The number of amides is 1. The number of H-pyrrole nitrogens is 1. The van der Waals surface area contributed by atoms with Crippen LogP contribution in [0.1, 0.15) is 34.6 Å². The topological polar surface area (TPSA) is 97.4 Å². The van der Waals surface area contributed by atoms with E-state index in [1.165, 1.54) is 12.1 Å². The molecule has 3 rings (SSSR count). The van der Waals surface area contributed by atoms with Gasteiger partial charge in [0.15, 0.2) is 11.5 Å². The second-order valence-electron chi connectivity index (χ2n) is 8.18. The van der Waals surface area contributed by atoms with Crippen molar-refractivity contribution >= 4 is 5.91 Å². The summed E-state index contributed by atoms with van der Waals surface area (Å²) in [6, 6.07) is 10.3. The van der Waals surface area contributed by atoms with Crippen molar-refractivity contribution < 1.29 is 27.4 Å². The zero-order valence-electron chi connectivity index (χ0n) is 20.2. The maximum Gasteiger partial charge on any atom is 0.416 e.